The summed E-state index contributed by atoms with van der Waals surface area (Å²) in [5.41, 5.74) is 7.02. The predicted octanol–water partition coefficient (Wildman–Crippen LogP) is 3.33. The molecule has 0 radical (unpaired) electrons. The van der Waals surface area contributed by atoms with Gasteiger partial charge in [-0.25, -0.2) is 0 Å². The van der Waals surface area contributed by atoms with Crippen LogP contribution in [0, 0.1) is 0 Å². The van der Waals surface area contributed by atoms with Gasteiger partial charge in [-0.1, -0.05) is 36.4 Å². The van der Waals surface area contributed by atoms with Gasteiger partial charge in [-0.15, -0.1) is 6.58 Å². The highest BCUT2D eigenvalue weighted by Gasteiger charge is 2.32. The topological polar surface area (TPSA) is 55.6 Å². The first-order chi connectivity index (χ1) is 10.7. The van der Waals surface area contributed by atoms with Gasteiger partial charge in [-0.05, 0) is 38.5 Å². The molecule has 0 spiro atoms. The highest BCUT2D eigenvalue weighted by Crippen LogP contribution is 2.28. The number of nitrogens with two attached hydrogens (primary N) is 1. The van der Waals surface area contributed by atoms with Crippen LogP contribution in [0.3, 0.4) is 0 Å². The average molecular weight is 335 g/mol. The predicted molar refractivity (Wildman–Crippen MR) is 98.6 cm³/mol. The minimum atomic E-state index is -1.77. The molecule has 1 aromatic rings. The summed E-state index contributed by atoms with van der Waals surface area (Å²) in [7, 11) is 0.0169. The van der Waals surface area contributed by atoms with E-state index < -0.39 is 14.4 Å². The lowest BCUT2D eigenvalue weighted by Crippen LogP contribution is -2.48. The molecule has 1 aromatic carbocycles. The quantitative estimate of drug-likeness (QED) is 0.586. The van der Waals surface area contributed by atoms with Crippen LogP contribution in [-0.2, 0) is 9.22 Å². The summed E-state index contributed by atoms with van der Waals surface area (Å²) < 4.78 is 6.38. The molecule has 0 aromatic heterocycles. The van der Waals surface area contributed by atoms with Crippen molar-refractivity contribution in [3.63, 3.8) is 0 Å². The molecule has 0 aliphatic heterocycles. The normalized spacial score (nSPS) is 15.6. The monoisotopic (exact) mass is 334 g/mol. The summed E-state index contributed by atoms with van der Waals surface area (Å²) in [5.74, 6) is -0.0856. The first-order valence-corrected chi connectivity index (χ1v) is 11.4. The molecule has 0 bridgehead atoms. The molecule has 0 aliphatic carbocycles. The molecule has 1 rings (SSSR count). The van der Waals surface area contributed by atoms with E-state index in [1.807, 2.05) is 37.3 Å². The van der Waals surface area contributed by atoms with Gasteiger partial charge >= 0.3 is 0 Å². The summed E-state index contributed by atoms with van der Waals surface area (Å²) in [4.78, 5) is 14.2. The number of carbonyl (C=O) groups excluding carboxylic acids is 1. The lowest BCUT2D eigenvalue weighted by Gasteiger charge is -2.37. The van der Waals surface area contributed by atoms with Crippen LogP contribution in [0.4, 0.5) is 0 Å². The van der Waals surface area contributed by atoms with E-state index in [1.165, 1.54) is 0 Å². The Balaban J connectivity index is 3.01. The second-order valence-electron chi connectivity index (χ2n) is 6.88. The van der Waals surface area contributed by atoms with Gasteiger partial charge in [0.15, 0.2) is 8.32 Å². The van der Waals surface area contributed by atoms with Crippen molar-refractivity contribution in [2.75, 3.05) is 7.05 Å². The molecule has 1 amide bonds. The maximum Gasteiger partial charge on any atom is 0.239 e. The fraction of sp³-hybridized carbons (Fsp3) is 0.500. The fourth-order valence-corrected chi connectivity index (χ4v) is 3.51. The van der Waals surface area contributed by atoms with E-state index >= 15 is 0 Å². The first-order valence-electron chi connectivity index (χ1n) is 8.03. The highest BCUT2D eigenvalue weighted by molar-refractivity contribution is 6.69. The van der Waals surface area contributed by atoms with E-state index in [2.05, 4.69) is 26.2 Å². The Morgan fingerprint density at radius 3 is 2.39 bits per heavy atom. The Bertz CT molecular complexity index is 514. The van der Waals surface area contributed by atoms with Crippen molar-refractivity contribution in [2.24, 2.45) is 5.73 Å². The van der Waals surface area contributed by atoms with Crippen LogP contribution in [0.5, 0.6) is 0 Å². The minimum absolute atomic E-state index is 0.0856. The summed E-state index contributed by atoms with van der Waals surface area (Å²) in [6.45, 7) is 12.1. The standard InChI is InChI=1S/C18H30N2O2Si/c1-7-11-16(19)18(21)20(3)14(2)17(22-23(4,5)6)15-12-9-8-10-13-15/h7-10,12-14,16-17H,1,11,19H2,2-6H3/t14-,16+,17+/m1/s1. The Morgan fingerprint density at radius 1 is 1.35 bits per heavy atom. The van der Waals surface area contributed by atoms with Crippen molar-refractivity contribution < 1.29 is 9.22 Å². The zero-order valence-corrected chi connectivity index (χ0v) is 16.0. The van der Waals surface area contributed by atoms with E-state index in [0.717, 1.165) is 5.56 Å². The minimum Gasteiger partial charge on any atom is -0.409 e. The van der Waals surface area contributed by atoms with Crippen LogP contribution in [0.2, 0.25) is 19.6 Å². The molecule has 23 heavy (non-hydrogen) atoms. The van der Waals surface area contributed by atoms with Crippen LogP contribution >= 0.6 is 0 Å². The van der Waals surface area contributed by atoms with Gasteiger partial charge in [-0.3, -0.25) is 4.79 Å². The molecule has 128 valence electrons. The zero-order chi connectivity index (χ0) is 17.6. The first kappa shape index (κ1) is 19.6. The largest absolute Gasteiger partial charge is 0.409 e. The maximum absolute atomic E-state index is 12.5. The molecular formula is C18H30N2O2Si. The van der Waals surface area contributed by atoms with Crippen LogP contribution in [0.15, 0.2) is 43.0 Å². The number of hydrogen-bond acceptors (Lipinski definition) is 3. The lowest BCUT2D eigenvalue weighted by atomic mass is 10.0. The van der Waals surface area contributed by atoms with E-state index in [4.69, 9.17) is 10.2 Å². The second-order valence-corrected chi connectivity index (χ2v) is 11.3. The van der Waals surface area contributed by atoms with Crippen molar-refractivity contribution >= 4 is 14.2 Å². The number of rotatable bonds is 8. The second kappa shape index (κ2) is 8.43. The number of nitrogens with zero attached hydrogens (tertiary/aromatic N) is 1. The van der Waals surface area contributed by atoms with E-state index in [-0.39, 0.29) is 18.1 Å². The SMILES string of the molecule is C=CC[C@H](N)C(=O)N(C)[C@H](C)[C@H](O[Si](C)(C)C)c1ccccc1. The highest BCUT2D eigenvalue weighted by atomic mass is 28.4. The van der Waals surface area contributed by atoms with Crippen molar-refractivity contribution in [3.8, 4) is 0 Å². The number of benzene rings is 1. The molecule has 0 unspecified atom stereocenters. The van der Waals surface area contributed by atoms with Crippen molar-refractivity contribution in [1.82, 2.24) is 4.90 Å². The molecule has 0 heterocycles. The lowest BCUT2D eigenvalue weighted by molar-refractivity contribution is -0.135. The summed E-state index contributed by atoms with van der Waals surface area (Å²) >= 11 is 0. The third-order valence-electron chi connectivity index (χ3n) is 3.74. The fourth-order valence-electron chi connectivity index (χ4n) is 2.41. The van der Waals surface area contributed by atoms with Gasteiger partial charge < -0.3 is 15.1 Å². The summed E-state index contributed by atoms with van der Waals surface area (Å²) in [6, 6.07) is 9.40. The van der Waals surface area contributed by atoms with Gasteiger partial charge in [0.25, 0.3) is 0 Å². The third-order valence-corrected chi connectivity index (χ3v) is 4.70. The molecule has 0 saturated heterocycles. The number of hydrogen-bond donors (Lipinski definition) is 1. The van der Waals surface area contributed by atoms with E-state index in [1.54, 1.807) is 18.0 Å². The van der Waals surface area contributed by atoms with E-state index in [0.29, 0.717) is 6.42 Å². The summed E-state index contributed by atoms with van der Waals surface area (Å²) in [5, 5.41) is 0. The summed E-state index contributed by atoms with van der Waals surface area (Å²) in [6.07, 6.45) is 1.99. The number of amides is 1. The molecule has 0 saturated carbocycles. The Hall–Kier alpha value is -1.43. The van der Waals surface area contributed by atoms with Crippen LogP contribution in [0.1, 0.15) is 25.0 Å². The van der Waals surface area contributed by atoms with Crippen LogP contribution in [-0.4, -0.2) is 38.3 Å². The molecule has 4 nitrogen and oxygen atoms in total. The Kier molecular flexibility index (Phi) is 7.19. The molecule has 5 heteroatoms. The molecule has 3 atom stereocenters. The van der Waals surface area contributed by atoms with Crippen LogP contribution in [0.25, 0.3) is 0 Å². The van der Waals surface area contributed by atoms with Gasteiger partial charge in [0.2, 0.25) is 5.91 Å². The molecule has 2 N–H and O–H groups in total. The third kappa shape index (κ3) is 5.93. The molecule has 0 fully saturated rings. The van der Waals surface area contributed by atoms with Crippen molar-refractivity contribution in [3.05, 3.63) is 48.6 Å². The zero-order valence-electron chi connectivity index (χ0n) is 15.0. The van der Waals surface area contributed by atoms with Gasteiger partial charge in [0, 0.05) is 7.05 Å². The van der Waals surface area contributed by atoms with Gasteiger partial charge in [0.1, 0.15) is 0 Å². The maximum atomic E-state index is 12.5. The van der Waals surface area contributed by atoms with Gasteiger partial charge in [0.05, 0.1) is 18.2 Å². The Morgan fingerprint density at radius 2 is 1.91 bits per heavy atom. The van der Waals surface area contributed by atoms with Crippen LogP contribution < -0.4 is 5.73 Å². The Labute approximate surface area is 141 Å². The molecular weight excluding hydrogens is 304 g/mol. The number of likely N-dealkylation sites (N-methyl/N-ethyl adjacent to an activating group) is 1. The number of carbonyl (C=O) groups is 1. The van der Waals surface area contributed by atoms with E-state index in [9.17, 15) is 4.79 Å². The smallest absolute Gasteiger partial charge is 0.239 e. The van der Waals surface area contributed by atoms with Gasteiger partial charge in [-0.2, -0.15) is 0 Å². The average Bonchev–Trinajstić information content (AvgIpc) is 2.50. The van der Waals surface area contributed by atoms with Crippen molar-refractivity contribution in [1.29, 1.82) is 0 Å². The molecule has 0 aliphatic rings. The van der Waals surface area contributed by atoms with Crippen molar-refractivity contribution in [2.45, 2.75) is 51.2 Å².